The molecule has 0 aromatic carbocycles. The lowest BCUT2D eigenvalue weighted by molar-refractivity contribution is 0.526. The van der Waals surface area contributed by atoms with Gasteiger partial charge in [0.25, 0.3) is 0 Å². The first-order chi connectivity index (χ1) is 9.83. The Balaban J connectivity index is -0.000000176. The van der Waals surface area contributed by atoms with Crippen LogP contribution in [0.3, 0.4) is 0 Å². The molecule has 1 heteroatoms. The highest BCUT2D eigenvalue weighted by Crippen LogP contribution is 2.23. The molecule has 0 heterocycles. The lowest BCUT2D eigenvalue weighted by atomic mass is 9.87. The molecule has 0 aromatic heterocycles. The molecule has 0 aliphatic carbocycles. The van der Waals surface area contributed by atoms with Crippen molar-refractivity contribution in [2.45, 2.75) is 95.4 Å². The van der Waals surface area contributed by atoms with Crippen LogP contribution in [0.4, 0.5) is 0 Å². The van der Waals surface area contributed by atoms with Crippen LogP contribution in [0.5, 0.6) is 0 Å². The quantitative estimate of drug-likeness (QED) is 0.469. The Hall–Kier alpha value is -0.850. The predicted molar refractivity (Wildman–Crippen MR) is 104 cm³/mol. The van der Waals surface area contributed by atoms with Crippen LogP contribution in [0.2, 0.25) is 0 Å². The van der Waals surface area contributed by atoms with E-state index in [1.54, 1.807) is 0 Å². The van der Waals surface area contributed by atoms with Crippen molar-refractivity contribution in [3.63, 3.8) is 0 Å². The molecule has 0 amide bonds. The Kier molecular flexibility index (Phi) is 28.9. The van der Waals surface area contributed by atoms with Crippen molar-refractivity contribution < 1.29 is 0 Å². The van der Waals surface area contributed by atoms with Crippen molar-refractivity contribution in [3.05, 3.63) is 23.9 Å². The van der Waals surface area contributed by atoms with Crippen LogP contribution < -0.4 is 0 Å². The minimum absolute atomic E-state index is 0.171. The van der Waals surface area contributed by atoms with Gasteiger partial charge in [0, 0.05) is 11.9 Å². The second-order valence-electron chi connectivity index (χ2n) is 5.28. The zero-order valence-electron chi connectivity index (χ0n) is 16.9. The fourth-order valence-electron chi connectivity index (χ4n) is 1.22. The lowest BCUT2D eigenvalue weighted by Gasteiger charge is -2.19. The number of rotatable bonds is 4. The van der Waals surface area contributed by atoms with Gasteiger partial charge in [0.05, 0.1) is 0 Å². The molecule has 128 valence electrons. The first kappa shape index (κ1) is 28.3. The van der Waals surface area contributed by atoms with Crippen LogP contribution in [0.25, 0.3) is 0 Å². The molecule has 0 saturated carbocycles. The summed E-state index contributed by atoms with van der Waals surface area (Å²) in [6, 6.07) is 0. The first-order valence-corrected chi connectivity index (χ1v) is 8.71. The van der Waals surface area contributed by atoms with E-state index in [4.69, 9.17) is 0 Å². The highest BCUT2D eigenvalue weighted by atomic mass is 14.7. The topological polar surface area (TPSA) is 12.4 Å². The summed E-state index contributed by atoms with van der Waals surface area (Å²) in [4.78, 5) is 4.36. The summed E-state index contributed by atoms with van der Waals surface area (Å²) in [5, 5.41) is 0. The normalized spacial score (nSPS) is 10.5. The Bertz CT molecular complexity index is 252. The van der Waals surface area contributed by atoms with E-state index in [0.717, 1.165) is 18.5 Å². The minimum Gasteiger partial charge on any atom is -0.262 e. The third kappa shape index (κ3) is 24.5. The number of nitrogens with zero attached hydrogens (tertiary/aromatic N) is 1. The largest absolute Gasteiger partial charge is 0.262 e. The SMILES string of the molecule is C=C(CCC)N=C/C(=C\C)C(C)(C)C.CC.CC.CCC. The van der Waals surface area contributed by atoms with Crippen molar-refractivity contribution in [1.82, 2.24) is 0 Å². The molecule has 0 unspecified atom stereocenters. The van der Waals surface area contributed by atoms with Crippen LogP contribution in [-0.2, 0) is 0 Å². The summed E-state index contributed by atoms with van der Waals surface area (Å²) in [7, 11) is 0. The summed E-state index contributed by atoms with van der Waals surface area (Å²) in [6.07, 6.45) is 7.40. The van der Waals surface area contributed by atoms with Gasteiger partial charge in [0.15, 0.2) is 0 Å². The van der Waals surface area contributed by atoms with E-state index in [1.165, 1.54) is 12.0 Å². The average molecular weight is 298 g/mol. The molecule has 0 atom stereocenters. The van der Waals surface area contributed by atoms with E-state index in [1.807, 2.05) is 33.9 Å². The maximum absolute atomic E-state index is 4.36. The van der Waals surface area contributed by atoms with Gasteiger partial charge >= 0.3 is 0 Å². The number of hydrogen-bond acceptors (Lipinski definition) is 1. The average Bonchev–Trinajstić information content (AvgIpc) is 2.43. The maximum Gasteiger partial charge on any atom is 0.0331 e. The second kappa shape index (κ2) is 21.4. The molecule has 1 nitrogen and oxygen atoms in total. The van der Waals surface area contributed by atoms with E-state index >= 15 is 0 Å². The van der Waals surface area contributed by atoms with Gasteiger partial charge < -0.3 is 0 Å². The third-order valence-corrected chi connectivity index (χ3v) is 2.10. The van der Waals surface area contributed by atoms with Crippen molar-refractivity contribution in [3.8, 4) is 0 Å². The maximum atomic E-state index is 4.36. The molecule has 0 bridgehead atoms. The van der Waals surface area contributed by atoms with Gasteiger partial charge in [-0.2, -0.15) is 0 Å². The van der Waals surface area contributed by atoms with E-state index in [2.05, 4.69) is 66.1 Å². The number of aliphatic imine (C=N–C) groups is 1. The summed E-state index contributed by atoms with van der Waals surface area (Å²) >= 11 is 0. The van der Waals surface area contributed by atoms with Crippen molar-refractivity contribution in [2.24, 2.45) is 10.4 Å². The Morgan fingerprint density at radius 1 is 1.00 bits per heavy atom. The number of allylic oxidation sites excluding steroid dienone is 3. The van der Waals surface area contributed by atoms with Gasteiger partial charge in [-0.25, -0.2) is 0 Å². The third-order valence-electron chi connectivity index (χ3n) is 2.10. The molecule has 0 radical (unpaired) electrons. The number of hydrogen-bond donors (Lipinski definition) is 0. The highest BCUT2D eigenvalue weighted by molar-refractivity contribution is 5.80. The molecule has 0 saturated heterocycles. The standard InChI is InChI=1S/C13H23N.C3H8.2C2H6/c1-7-9-11(3)14-10-12(8-2)13(4,5)6;1-3-2;2*1-2/h8,10H,3,7,9H2,1-2,4-6H3;3H2,1-2H3;2*1-2H3/b12-8+,14-10?;;;. The van der Waals surface area contributed by atoms with Gasteiger partial charge in [-0.1, -0.05) is 94.7 Å². The molecule has 21 heavy (non-hydrogen) atoms. The van der Waals surface area contributed by atoms with Crippen LogP contribution in [-0.4, -0.2) is 6.21 Å². The molecule has 0 aliphatic rings. The summed E-state index contributed by atoms with van der Waals surface area (Å²) < 4.78 is 0. The molecule has 0 fully saturated rings. The van der Waals surface area contributed by atoms with Crippen LogP contribution in [0.1, 0.15) is 95.4 Å². The fraction of sp³-hybridized carbons (Fsp3) is 0.750. The lowest BCUT2D eigenvalue weighted by Crippen LogP contribution is -2.10. The molecule has 0 rings (SSSR count). The van der Waals surface area contributed by atoms with E-state index in [0.29, 0.717) is 0 Å². The first-order valence-electron chi connectivity index (χ1n) is 8.71. The van der Waals surface area contributed by atoms with E-state index < -0.39 is 0 Å². The van der Waals surface area contributed by atoms with Crippen LogP contribution in [0.15, 0.2) is 28.9 Å². The van der Waals surface area contributed by atoms with Gasteiger partial charge in [0.1, 0.15) is 0 Å². The van der Waals surface area contributed by atoms with E-state index in [-0.39, 0.29) is 5.41 Å². The second-order valence-corrected chi connectivity index (χ2v) is 5.28. The molecular weight excluding hydrogens is 254 g/mol. The highest BCUT2D eigenvalue weighted by Gasteiger charge is 2.13. The molecule has 0 N–H and O–H groups in total. The van der Waals surface area contributed by atoms with Crippen molar-refractivity contribution in [1.29, 1.82) is 0 Å². The van der Waals surface area contributed by atoms with E-state index in [9.17, 15) is 0 Å². The predicted octanol–water partition coefficient (Wildman–Crippen LogP) is 7.83. The smallest absolute Gasteiger partial charge is 0.0331 e. The fourth-order valence-corrected chi connectivity index (χ4v) is 1.22. The Morgan fingerprint density at radius 2 is 1.38 bits per heavy atom. The zero-order chi connectivity index (χ0) is 17.9. The molecule has 0 aliphatic heterocycles. The van der Waals surface area contributed by atoms with Crippen LogP contribution >= 0.6 is 0 Å². The van der Waals surface area contributed by atoms with Gasteiger partial charge in [-0.15, -0.1) is 0 Å². The Labute approximate surface area is 136 Å². The van der Waals surface area contributed by atoms with Gasteiger partial charge in [0.2, 0.25) is 0 Å². The Morgan fingerprint density at radius 3 is 1.62 bits per heavy atom. The summed E-state index contributed by atoms with van der Waals surface area (Å²) in [5.41, 5.74) is 2.40. The molecular formula is C20H43N. The molecule has 0 aromatic rings. The van der Waals surface area contributed by atoms with Gasteiger partial charge in [-0.05, 0) is 24.3 Å². The van der Waals surface area contributed by atoms with Crippen molar-refractivity contribution >= 4 is 6.21 Å². The minimum atomic E-state index is 0.171. The van der Waals surface area contributed by atoms with Gasteiger partial charge in [-0.3, -0.25) is 4.99 Å². The monoisotopic (exact) mass is 297 g/mol. The molecule has 0 spiro atoms. The summed E-state index contributed by atoms with van der Waals surface area (Å²) in [5.74, 6) is 0. The van der Waals surface area contributed by atoms with Crippen LogP contribution in [0, 0.1) is 5.41 Å². The zero-order valence-corrected chi connectivity index (χ0v) is 16.9. The van der Waals surface area contributed by atoms with Crippen molar-refractivity contribution in [2.75, 3.05) is 0 Å². The summed E-state index contributed by atoms with van der Waals surface area (Å²) in [6.45, 7) is 26.9.